The number of rotatable bonds is 24. The maximum Gasteiger partial charge on any atom is 0.311 e. The van der Waals surface area contributed by atoms with Gasteiger partial charge in [0.25, 0.3) is 0 Å². The van der Waals surface area contributed by atoms with Crippen LogP contribution < -0.4 is 15.9 Å². The highest BCUT2D eigenvalue weighted by molar-refractivity contribution is 7.79. The molecule has 3 aromatic carbocycles. The first kappa shape index (κ1) is 70.7. The van der Waals surface area contributed by atoms with Crippen molar-refractivity contribution in [3.05, 3.63) is 90.5 Å². The average Bonchev–Trinajstić information content (AvgIpc) is 3.67. The van der Waals surface area contributed by atoms with Gasteiger partial charge in [0.1, 0.15) is 30.0 Å². The van der Waals surface area contributed by atoms with Gasteiger partial charge in [-0.25, -0.2) is 0 Å². The van der Waals surface area contributed by atoms with Crippen molar-refractivity contribution in [2.45, 2.75) is 269 Å². The molecule has 0 bridgehead atoms. The molecule has 16 heteroatoms. The highest BCUT2D eigenvalue weighted by Crippen LogP contribution is 2.41. The van der Waals surface area contributed by atoms with Crippen LogP contribution in [0.25, 0.3) is 0 Å². The number of amides is 1. The molecule has 0 unspecified atom stereocenters. The standard InChI is InChI=1S/C69H109N2O13P/c1-14-57-69(10,78)62(74)50(6)71(58(72)37-31-23-21-19-17-15-16-18-20-22-26-32-52-38-40-55(41-39-52)85(53-33-27-24-28-34-53)54-35-29-25-30-36-54)45-46(2)43-67(8,77)64(84-66-60(73)56(70(11)12)42-47(3)80-66)48(4)61(49(5)65(76)82-57)83-59-44-68(9,79-13)63(75)51(7)81-59/h24-25,27-30,33-36,38-41,46-51,56-57,59-64,66,73-75,77-78H,14-23,26,31-32,37,42-45H2,1-13H3/t46-,47-,48+,49-,50-,51+,56+,57-,59+,60-,61+,62-,63+,64-,66+,67-,68-,69-/m1/s1. The second-order valence-electron chi connectivity index (χ2n) is 26.3. The van der Waals surface area contributed by atoms with Gasteiger partial charge >= 0.3 is 5.97 Å². The van der Waals surface area contributed by atoms with Crippen LogP contribution in [0.1, 0.15) is 178 Å². The molecular weight excluding hydrogens is 1100 g/mol. The largest absolute Gasteiger partial charge is 0.459 e. The molecular formula is C69H109N2O13P. The molecule has 3 saturated heterocycles. The quantitative estimate of drug-likeness (QED) is 0.0323. The minimum atomic E-state index is -2.00. The van der Waals surface area contributed by atoms with E-state index in [4.69, 9.17) is 28.4 Å². The summed E-state index contributed by atoms with van der Waals surface area (Å²) in [7, 11) is 4.67. The third kappa shape index (κ3) is 19.1. The van der Waals surface area contributed by atoms with E-state index in [9.17, 15) is 35.1 Å². The van der Waals surface area contributed by atoms with Crippen molar-refractivity contribution in [3.8, 4) is 0 Å². The minimum Gasteiger partial charge on any atom is -0.459 e. The van der Waals surface area contributed by atoms with Crippen LogP contribution in [0.5, 0.6) is 0 Å². The van der Waals surface area contributed by atoms with Gasteiger partial charge in [-0.3, -0.25) is 9.59 Å². The van der Waals surface area contributed by atoms with Crippen LogP contribution in [-0.2, 0) is 44.4 Å². The Morgan fingerprint density at radius 2 is 1.26 bits per heavy atom. The van der Waals surface area contributed by atoms with Gasteiger partial charge in [-0.05, 0) is 136 Å². The number of aliphatic hydroxyl groups is 5. The first-order valence-electron chi connectivity index (χ1n) is 32.1. The predicted octanol–water partition coefficient (Wildman–Crippen LogP) is 9.48. The molecule has 15 nitrogen and oxygen atoms in total. The lowest BCUT2D eigenvalue weighted by Crippen LogP contribution is -2.60. The summed E-state index contributed by atoms with van der Waals surface area (Å²) in [5.74, 6) is -3.24. The van der Waals surface area contributed by atoms with Crippen LogP contribution in [0.15, 0.2) is 84.9 Å². The Labute approximate surface area is 511 Å². The Bertz CT molecular complexity index is 2400. The number of esters is 1. The third-order valence-corrected chi connectivity index (χ3v) is 21.3. The number of likely N-dealkylation sites (N-methyl/N-ethyl adjacent to an activating group) is 1. The van der Waals surface area contributed by atoms with E-state index >= 15 is 0 Å². The minimum absolute atomic E-state index is 0.0789. The first-order chi connectivity index (χ1) is 40.3. The Hall–Kier alpha value is -3.41. The first-order valence-corrected chi connectivity index (χ1v) is 33.5. The molecule has 0 radical (unpaired) electrons. The number of aryl methyl sites for hydroxylation is 1. The molecule has 85 heavy (non-hydrogen) atoms. The molecule has 18 atom stereocenters. The van der Waals surface area contributed by atoms with Crippen molar-refractivity contribution in [2.24, 2.45) is 17.8 Å². The summed E-state index contributed by atoms with van der Waals surface area (Å²) in [6.45, 7) is 17.5. The average molecular weight is 1210 g/mol. The van der Waals surface area contributed by atoms with Crippen LogP contribution in [-0.4, -0.2) is 165 Å². The highest BCUT2D eigenvalue weighted by Gasteiger charge is 2.53. The molecule has 0 spiro atoms. The molecule has 3 fully saturated rings. The van der Waals surface area contributed by atoms with Gasteiger partial charge in [-0.2, -0.15) is 0 Å². The molecule has 3 aliphatic heterocycles. The van der Waals surface area contributed by atoms with Gasteiger partial charge in [-0.1, -0.05) is 163 Å². The second-order valence-corrected chi connectivity index (χ2v) is 28.6. The van der Waals surface area contributed by atoms with Gasteiger partial charge < -0.3 is 63.8 Å². The summed E-state index contributed by atoms with van der Waals surface area (Å²) in [5, 5.41) is 64.5. The SMILES string of the molecule is CC[C@H]1OC(=O)[C@H](C)[C@@H](O[C@H]2C[C@@](C)(OC)[C@@H](O)[C@H](C)O2)[C@H](C)[C@@H](O[C@@H]2O[C@H](C)C[C@H](N(C)C)[C@H]2O)[C@](C)(O)C[C@@H](C)CN(C(=O)CCCCCCCCCCCCCc2ccc(P(c3ccccc3)c3ccccc3)cc2)[C@H](C)[C@@H](O)[C@]1(C)O. The van der Waals surface area contributed by atoms with Gasteiger partial charge in [0.15, 0.2) is 12.6 Å². The number of cyclic esters (lactones) is 1. The van der Waals surface area contributed by atoms with E-state index in [1.807, 2.05) is 39.8 Å². The maximum atomic E-state index is 14.7. The van der Waals surface area contributed by atoms with E-state index in [1.165, 1.54) is 74.0 Å². The van der Waals surface area contributed by atoms with Crippen LogP contribution in [0, 0.1) is 17.8 Å². The Kier molecular flexibility index (Phi) is 27.3. The van der Waals surface area contributed by atoms with Crippen molar-refractivity contribution in [1.29, 1.82) is 0 Å². The van der Waals surface area contributed by atoms with Gasteiger partial charge in [0.05, 0.1) is 47.6 Å². The molecule has 0 aromatic heterocycles. The molecule has 3 heterocycles. The topological polar surface area (TPSA) is 197 Å². The van der Waals surface area contributed by atoms with E-state index in [1.54, 1.807) is 46.4 Å². The number of carbonyl (C=O) groups excluding carboxylic acids is 2. The van der Waals surface area contributed by atoms with Gasteiger partial charge in [0, 0.05) is 38.5 Å². The lowest BCUT2D eigenvalue weighted by atomic mass is 9.77. The zero-order valence-corrected chi connectivity index (χ0v) is 54.7. The number of methoxy groups -OCH3 is 1. The fourth-order valence-corrected chi connectivity index (χ4v) is 15.9. The van der Waals surface area contributed by atoms with Crippen LogP contribution >= 0.6 is 7.92 Å². The van der Waals surface area contributed by atoms with Crippen molar-refractivity contribution >= 4 is 35.7 Å². The lowest BCUT2D eigenvalue weighted by Gasteiger charge is -2.48. The Balaban J connectivity index is 1.06. The van der Waals surface area contributed by atoms with Crippen LogP contribution in [0.4, 0.5) is 0 Å². The summed E-state index contributed by atoms with van der Waals surface area (Å²) in [4.78, 5) is 32.8. The van der Waals surface area contributed by atoms with E-state index in [0.717, 1.165) is 32.1 Å². The number of nitrogens with zero attached hydrogens (tertiary/aromatic N) is 2. The normalized spacial score (nSPS) is 34.7. The summed E-state index contributed by atoms with van der Waals surface area (Å²) < 4.78 is 38.3. The lowest BCUT2D eigenvalue weighted by molar-refractivity contribution is -0.318. The second kappa shape index (κ2) is 32.9. The van der Waals surface area contributed by atoms with Crippen molar-refractivity contribution < 1.29 is 63.5 Å². The number of ether oxygens (including phenoxy) is 6. The molecule has 0 saturated carbocycles. The number of benzene rings is 3. The van der Waals surface area contributed by atoms with E-state index in [0.29, 0.717) is 12.8 Å². The third-order valence-electron chi connectivity index (χ3n) is 18.8. The molecule has 0 aliphatic carbocycles. The van der Waals surface area contributed by atoms with Crippen molar-refractivity contribution in [1.82, 2.24) is 9.80 Å². The molecule has 3 aliphatic rings. The van der Waals surface area contributed by atoms with E-state index in [-0.39, 0.29) is 50.3 Å². The fourth-order valence-electron chi connectivity index (χ4n) is 13.6. The fraction of sp³-hybridized carbons (Fsp3) is 0.710. The number of unbranched alkanes of at least 4 members (excludes halogenated alkanes) is 10. The number of carbonyl (C=O) groups is 2. The number of hydrogen-bond donors (Lipinski definition) is 5. The Morgan fingerprint density at radius 1 is 0.718 bits per heavy atom. The van der Waals surface area contributed by atoms with Crippen LogP contribution in [0.3, 0.4) is 0 Å². The predicted molar refractivity (Wildman–Crippen MR) is 338 cm³/mol. The molecule has 3 aromatic rings. The summed E-state index contributed by atoms with van der Waals surface area (Å²) >= 11 is 0. The van der Waals surface area contributed by atoms with E-state index in [2.05, 4.69) is 84.9 Å². The summed E-state index contributed by atoms with van der Waals surface area (Å²) in [6.07, 6.45) is 4.02. The molecule has 478 valence electrons. The number of hydrogen-bond acceptors (Lipinski definition) is 14. The summed E-state index contributed by atoms with van der Waals surface area (Å²) in [5.41, 5.74) is -3.38. The van der Waals surface area contributed by atoms with Crippen molar-refractivity contribution in [3.63, 3.8) is 0 Å². The maximum absolute atomic E-state index is 14.7. The molecule has 6 rings (SSSR count). The van der Waals surface area contributed by atoms with Gasteiger partial charge in [-0.15, -0.1) is 0 Å². The monoisotopic (exact) mass is 1200 g/mol. The van der Waals surface area contributed by atoms with E-state index < -0.39 is 110 Å². The number of aliphatic hydroxyl groups excluding tert-OH is 3. The van der Waals surface area contributed by atoms with Crippen molar-refractivity contribution in [2.75, 3.05) is 27.7 Å². The highest BCUT2D eigenvalue weighted by atomic mass is 31.1. The zero-order chi connectivity index (χ0) is 62.2. The van der Waals surface area contributed by atoms with Gasteiger partial charge in [0.2, 0.25) is 5.91 Å². The van der Waals surface area contributed by atoms with Crippen LogP contribution in [0.2, 0.25) is 0 Å². The summed E-state index contributed by atoms with van der Waals surface area (Å²) in [6, 6.07) is 29.8. The Morgan fingerprint density at radius 3 is 1.80 bits per heavy atom. The molecule has 1 amide bonds. The molecule has 5 N–H and O–H groups in total. The smallest absolute Gasteiger partial charge is 0.311 e. The zero-order valence-electron chi connectivity index (χ0n) is 53.8.